The zero-order chi connectivity index (χ0) is 16.9. The Bertz CT molecular complexity index is 555. The second-order valence-corrected chi connectivity index (χ2v) is 6.58. The molecule has 0 spiro atoms. The summed E-state index contributed by atoms with van der Waals surface area (Å²) in [6.07, 6.45) is 6.17. The highest BCUT2D eigenvalue weighted by atomic mass is 16.2. The summed E-state index contributed by atoms with van der Waals surface area (Å²) >= 11 is 0. The Morgan fingerprint density at radius 1 is 1.35 bits per heavy atom. The van der Waals surface area contributed by atoms with Gasteiger partial charge >= 0.3 is 0 Å². The molecular weight excluding hydrogens is 290 g/mol. The van der Waals surface area contributed by atoms with E-state index < -0.39 is 0 Å². The summed E-state index contributed by atoms with van der Waals surface area (Å²) in [5.74, 6) is 0.962. The zero-order valence-corrected chi connectivity index (χ0v) is 14.7. The molecule has 2 rings (SSSR count). The van der Waals surface area contributed by atoms with Gasteiger partial charge in [-0.05, 0) is 25.0 Å². The number of hydrogen-bond acceptors (Lipinski definition) is 2. The lowest BCUT2D eigenvalue weighted by atomic mass is 9.84. The fourth-order valence-electron chi connectivity index (χ4n) is 3.32. The van der Waals surface area contributed by atoms with Crippen molar-refractivity contribution in [3.05, 3.63) is 24.0 Å². The third-order valence-corrected chi connectivity index (χ3v) is 4.73. The molecule has 1 fully saturated rings. The Morgan fingerprint density at radius 3 is 2.57 bits per heavy atom. The Kier molecular flexibility index (Phi) is 5.69. The highest BCUT2D eigenvalue weighted by Crippen LogP contribution is 2.38. The molecule has 0 aromatic carbocycles. The van der Waals surface area contributed by atoms with Gasteiger partial charge in [0.2, 0.25) is 5.91 Å². The van der Waals surface area contributed by atoms with Crippen LogP contribution in [0, 0.1) is 5.41 Å². The Balaban J connectivity index is 1.93. The molecule has 6 heteroatoms. The number of carbonyl (C=O) groups excluding carboxylic acids is 1. The van der Waals surface area contributed by atoms with Crippen molar-refractivity contribution in [1.29, 1.82) is 0 Å². The van der Waals surface area contributed by atoms with Crippen LogP contribution in [0.1, 0.15) is 31.4 Å². The Hall–Kier alpha value is -1.98. The van der Waals surface area contributed by atoms with E-state index >= 15 is 0 Å². The van der Waals surface area contributed by atoms with E-state index in [9.17, 15) is 4.79 Å². The minimum absolute atomic E-state index is 0.223. The normalized spacial score (nSPS) is 17.1. The summed E-state index contributed by atoms with van der Waals surface area (Å²) in [6.45, 7) is 1.34. The standard InChI is InChI=1S/C17H29N5O/c1-18-16(19-12-14-8-7-11-22(14)4)20-13-17(9-5-6-10-17)15(23)21(2)3/h7-8,11H,5-6,9-10,12-13H2,1-4H3,(H2,18,19,20). The largest absolute Gasteiger partial charge is 0.355 e. The van der Waals surface area contributed by atoms with Gasteiger partial charge in [0.25, 0.3) is 0 Å². The van der Waals surface area contributed by atoms with Crippen LogP contribution < -0.4 is 10.6 Å². The summed E-state index contributed by atoms with van der Waals surface area (Å²) in [5, 5.41) is 6.67. The minimum atomic E-state index is -0.286. The average molecular weight is 319 g/mol. The predicted octanol–water partition coefficient (Wildman–Crippen LogP) is 1.34. The second kappa shape index (κ2) is 7.53. The van der Waals surface area contributed by atoms with Gasteiger partial charge in [0, 0.05) is 46.6 Å². The van der Waals surface area contributed by atoms with Crippen molar-refractivity contribution in [3.8, 4) is 0 Å². The molecule has 1 saturated carbocycles. The molecule has 1 aromatic rings. The average Bonchev–Trinajstić information content (AvgIpc) is 3.17. The third kappa shape index (κ3) is 4.06. The quantitative estimate of drug-likeness (QED) is 0.636. The topological polar surface area (TPSA) is 61.7 Å². The number of amides is 1. The molecular formula is C17H29N5O. The van der Waals surface area contributed by atoms with Crippen LogP contribution in [-0.2, 0) is 18.4 Å². The van der Waals surface area contributed by atoms with Gasteiger partial charge in [-0.25, -0.2) is 0 Å². The van der Waals surface area contributed by atoms with Crippen LogP contribution in [0.5, 0.6) is 0 Å². The molecule has 0 radical (unpaired) electrons. The van der Waals surface area contributed by atoms with E-state index in [0.29, 0.717) is 13.1 Å². The molecule has 6 nitrogen and oxygen atoms in total. The molecule has 1 heterocycles. The molecule has 1 amide bonds. The third-order valence-electron chi connectivity index (χ3n) is 4.73. The van der Waals surface area contributed by atoms with E-state index in [4.69, 9.17) is 0 Å². The first-order valence-electron chi connectivity index (χ1n) is 8.25. The number of nitrogens with one attached hydrogen (secondary N) is 2. The monoisotopic (exact) mass is 319 g/mol. The molecule has 0 bridgehead atoms. The van der Waals surface area contributed by atoms with Gasteiger partial charge in [-0.1, -0.05) is 12.8 Å². The first-order chi connectivity index (χ1) is 11.0. The maximum Gasteiger partial charge on any atom is 0.230 e. The van der Waals surface area contributed by atoms with Gasteiger partial charge in [-0.2, -0.15) is 0 Å². The Labute approximate surface area is 139 Å². The van der Waals surface area contributed by atoms with Crippen LogP contribution in [0.4, 0.5) is 0 Å². The highest BCUT2D eigenvalue weighted by Gasteiger charge is 2.42. The fraction of sp³-hybridized carbons (Fsp3) is 0.647. The van der Waals surface area contributed by atoms with E-state index in [0.717, 1.165) is 31.6 Å². The van der Waals surface area contributed by atoms with Crippen molar-refractivity contribution in [1.82, 2.24) is 20.1 Å². The van der Waals surface area contributed by atoms with Crippen LogP contribution in [-0.4, -0.2) is 49.0 Å². The minimum Gasteiger partial charge on any atom is -0.355 e. The smallest absolute Gasteiger partial charge is 0.230 e. The lowest BCUT2D eigenvalue weighted by molar-refractivity contribution is -0.138. The zero-order valence-electron chi connectivity index (χ0n) is 14.7. The molecule has 0 aliphatic heterocycles. The van der Waals surface area contributed by atoms with E-state index in [1.54, 1.807) is 11.9 Å². The van der Waals surface area contributed by atoms with Crippen LogP contribution >= 0.6 is 0 Å². The molecule has 1 aliphatic rings. The van der Waals surface area contributed by atoms with Gasteiger partial charge in [-0.15, -0.1) is 0 Å². The molecule has 0 atom stereocenters. The Morgan fingerprint density at radius 2 is 2.04 bits per heavy atom. The van der Waals surface area contributed by atoms with Gasteiger partial charge < -0.3 is 20.1 Å². The number of hydrogen-bond donors (Lipinski definition) is 2. The number of rotatable bonds is 5. The van der Waals surface area contributed by atoms with Gasteiger partial charge in [0.05, 0.1) is 12.0 Å². The molecule has 1 aromatic heterocycles. The van der Waals surface area contributed by atoms with Crippen LogP contribution in [0.15, 0.2) is 23.3 Å². The predicted molar refractivity (Wildman–Crippen MR) is 93.2 cm³/mol. The number of carbonyl (C=O) groups is 1. The van der Waals surface area contributed by atoms with Crippen LogP contribution in [0.25, 0.3) is 0 Å². The molecule has 1 aliphatic carbocycles. The molecule has 128 valence electrons. The van der Waals surface area contributed by atoms with Crippen molar-refractivity contribution in [2.24, 2.45) is 17.5 Å². The van der Waals surface area contributed by atoms with Crippen molar-refractivity contribution in [2.45, 2.75) is 32.2 Å². The van der Waals surface area contributed by atoms with Gasteiger partial charge in [0.1, 0.15) is 0 Å². The van der Waals surface area contributed by atoms with Crippen LogP contribution in [0.2, 0.25) is 0 Å². The number of aryl methyl sites for hydroxylation is 1. The van der Waals surface area contributed by atoms with E-state index in [1.807, 2.05) is 33.4 Å². The number of nitrogens with zero attached hydrogens (tertiary/aromatic N) is 3. The van der Waals surface area contributed by atoms with E-state index in [-0.39, 0.29) is 11.3 Å². The molecule has 2 N–H and O–H groups in total. The maximum absolute atomic E-state index is 12.6. The van der Waals surface area contributed by atoms with Gasteiger partial charge in [0.15, 0.2) is 5.96 Å². The molecule has 23 heavy (non-hydrogen) atoms. The first-order valence-corrected chi connectivity index (χ1v) is 8.25. The van der Waals surface area contributed by atoms with Gasteiger partial charge in [-0.3, -0.25) is 9.79 Å². The van der Waals surface area contributed by atoms with Crippen molar-refractivity contribution < 1.29 is 4.79 Å². The summed E-state index contributed by atoms with van der Waals surface area (Å²) in [6, 6.07) is 4.10. The molecule has 0 unspecified atom stereocenters. The van der Waals surface area contributed by atoms with Crippen molar-refractivity contribution >= 4 is 11.9 Å². The maximum atomic E-state index is 12.6. The molecule has 0 saturated heterocycles. The number of aromatic nitrogens is 1. The second-order valence-electron chi connectivity index (χ2n) is 6.58. The summed E-state index contributed by atoms with van der Waals surface area (Å²) in [4.78, 5) is 18.6. The fourth-order valence-corrected chi connectivity index (χ4v) is 3.32. The van der Waals surface area contributed by atoms with Crippen molar-refractivity contribution in [3.63, 3.8) is 0 Å². The van der Waals surface area contributed by atoms with Crippen molar-refractivity contribution in [2.75, 3.05) is 27.7 Å². The summed E-state index contributed by atoms with van der Waals surface area (Å²) in [7, 11) is 7.46. The number of aliphatic imine (C=N–C) groups is 1. The lowest BCUT2D eigenvalue weighted by Crippen LogP contribution is -2.49. The van der Waals surface area contributed by atoms with E-state index in [1.165, 1.54) is 5.69 Å². The van der Waals surface area contributed by atoms with E-state index in [2.05, 4.69) is 26.3 Å². The number of guanidine groups is 1. The lowest BCUT2D eigenvalue weighted by Gasteiger charge is -2.31. The first kappa shape index (κ1) is 17.4. The summed E-state index contributed by atoms with van der Waals surface area (Å²) < 4.78 is 2.08. The SMILES string of the molecule is CN=C(NCc1cccn1C)NCC1(C(=O)N(C)C)CCCC1. The highest BCUT2D eigenvalue weighted by molar-refractivity contribution is 5.85. The summed E-state index contributed by atoms with van der Waals surface area (Å²) in [5.41, 5.74) is 0.902. The van der Waals surface area contributed by atoms with Crippen LogP contribution in [0.3, 0.4) is 0 Å².